The molecule has 2 atom stereocenters. The van der Waals surface area contributed by atoms with Crippen LogP contribution in [-0.2, 0) is 4.74 Å². The molecule has 172 valence electrons. The van der Waals surface area contributed by atoms with Gasteiger partial charge in [0.25, 0.3) is 5.91 Å². The van der Waals surface area contributed by atoms with Gasteiger partial charge in [-0.3, -0.25) is 4.79 Å². The molecule has 11 heteroatoms. The van der Waals surface area contributed by atoms with Crippen LogP contribution in [0.1, 0.15) is 36.0 Å². The minimum absolute atomic E-state index is 0.0448. The molecule has 9 nitrogen and oxygen atoms in total. The van der Waals surface area contributed by atoms with E-state index in [0.29, 0.717) is 26.3 Å². The molecule has 4 rings (SSSR count). The van der Waals surface area contributed by atoms with E-state index in [9.17, 15) is 9.18 Å². The predicted molar refractivity (Wildman–Crippen MR) is 117 cm³/mol. The molecule has 0 bridgehead atoms. The van der Waals surface area contributed by atoms with Crippen molar-refractivity contribution in [2.24, 2.45) is 11.5 Å². The second-order valence-electron chi connectivity index (χ2n) is 8.00. The number of primary amides is 1. The van der Waals surface area contributed by atoms with E-state index in [1.165, 1.54) is 12.3 Å². The summed E-state index contributed by atoms with van der Waals surface area (Å²) in [6, 6.07) is 2.13. The Morgan fingerprint density at radius 2 is 1.94 bits per heavy atom. The number of aromatic nitrogens is 2. The zero-order chi connectivity index (χ0) is 22.7. The quantitative estimate of drug-likeness (QED) is 0.530. The lowest BCUT2D eigenvalue weighted by Crippen LogP contribution is -2.43. The van der Waals surface area contributed by atoms with Crippen molar-refractivity contribution in [2.75, 3.05) is 41.8 Å². The molecule has 1 saturated heterocycles. The Morgan fingerprint density at radius 1 is 1.19 bits per heavy atom. The molecule has 6 N–H and O–H groups in total. The molecule has 2 aromatic rings. The molecule has 2 fully saturated rings. The fourth-order valence-corrected chi connectivity index (χ4v) is 4.04. The molecule has 2 aliphatic rings. The molecule has 32 heavy (non-hydrogen) atoms. The number of nitrogens with zero attached hydrogens (tertiary/aromatic N) is 3. The minimum Gasteiger partial charge on any atom is -0.378 e. The molecule has 0 radical (unpaired) electrons. The Balaban J connectivity index is 1.64. The van der Waals surface area contributed by atoms with E-state index < -0.39 is 17.5 Å². The predicted octanol–water partition coefficient (Wildman–Crippen LogP) is 2.12. The van der Waals surface area contributed by atoms with Crippen molar-refractivity contribution in [3.05, 3.63) is 35.5 Å². The highest BCUT2D eigenvalue weighted by Gasteiger charge is 2.25. The van der Waals surface area contributed by atoms with Crippen molar-refractivity contribution in [2.45, 2.75) is 37.8 Å². The van der Waals surface area contributed by atoms with E-state index >= 15 is 4.39 Å². The third-order valence-corrected chi connectivity index (χ3v) is 5.82. The molecular weight excluding hydrogens is 420 g/mol. The van der Waals surface area contributed by atoms with Gasteiger partial charge in [0.2, 0.25) is 0 Å². The monoisotopic (exact) mass is 447 g/mol. The first-order valence-electron chi connectivity index (χ1n) is 10.7. The average Bonchev–Trinajstić information content (AvgIpc) is 2.79. The number of carbonyl (C=O) groups is 1. The van der Waals surface area contributed by atoms with Crippen LogP contribution in [0.2, 0.25) is 0 Å². The van der Waals surface area contributed by atoms with E-state index in [0.717, 1.165) is 31.7 Å². The maximum Gasteiger partial charge on any atom is 0.252 e. The molecular formula is C21H27F2N7O2. The van der Waals surface area contributed by atoms with Crippen molar-refractivity contribution in [3.63, 3.8) is 0 Å². The van der Waals surface area contributed by atoms with Crippen LogP contribution in [0.25, 0.3) is 0 Å². The highest BCUT2D eigenvalue weighted by molar-refractivity contribution is 5.98. The van der Waals surface area contributed by atoms with Crippen LogP contribution in [-0.4, -0.2) is 54.3 Å². The van der Waals surface area contributed by atoms with Crippen molar-refractivity contribution in [1.82, 2.24) is 9.97 Å². The van der Waals surface area contributed by atoms with E-state index in [1.807, 2.05) is 0 Å². The number of hydrogen-bond donors (Lipinski definition) is 4. The number of nitrogens with one attached hydrogen (secondary N) is 2. The number of hydrogen-bond acceptors (Lipinski definition) is 8. The van der Waals surface area contributed by atoms with Gasteiger partial charge in [-0.15, -0.1) is 0 Å². The zero-order valence-electron chi connectivity index (χ0n) is 17.6. The lowest BCUT2D eigenvalue weighted by Gasteiger charge is -2.30. The summed E-state index contributed by atoms with van der Waals surface area (Å²) in [5.41, 5.74) is 11.4. The Bertz CT molecular complexity index is 985. The summed E-state index contributed by atoms with van der Waals surface area (Å²) in [7, 11) is 0. The van der Waals surface area contributed by atoms with Crippen LogP contribution in [0.4, 0.5) is 31.9 Å². The standard InChI is InChI=1S/C21H27F2N7O2/c22-13-11-12(18(25)31)19(29-20(13)27-15-4-2-1-3-14(15)24)28-16-5-6-26-21(17(16)23)30-7-9-32-10-8-30/h5-6,11,14-15H,1-4,7-10,24H2,(H2,25,31)(H2,26,27,28,29)/t14?,15-/m1/s1. The molecule has 0 aromatic carbocycles. The number of pyridine rings is 2. The summed E-state index contributed by atoms with van der Waals surface area (Å²) in [5.74, 6) is -2.19. The second kappa shape index (κ2) is 9.61. The largest absolute Gasteiger partial charge is 0.378 e. The number of halogens is 2. The number of anilines is 4. The van der Waals surface area contributed by atoms with Gasteiger partial charge in [0, 0.05) is 31.4 Å². The minimum atomic E-state index is -0.886. The summed E-state index contributed by atoms with van der Waals surface area (Å²) >= 11 is 0. The molecule has 1 amide bonds. The fraction of sp³-hybridized carbons (Fsp3) is 0.476. The normalized spacial score (nSPS) is 21.3. The Kier molecular flexibility index (Phi) is 6.66. The highest BCUT2D eigenvalue weighted by Crippen LogP contribution is 2.30. The van der Waals surface area contributed by atoms with Gasteiger partial charge in [-0.2, -0.15) is 0 Å². The summed E-state index contributed by atoms with van der Waals surface area (Å²) in [6.45, 7) is 1.96. The summed E-state index contributed by atoms with van der Waals surface area (Å²) in [4.78, 5) is 22.1. The van der Waals surface area contributed by atoms with Crippen LogP contribution < -0.4 is 27.0 Å². The van der Waals surface area contributed by atoms with Gasteiger partial charge in [0.1, 0.15) is 5.82 Å². The lowest BCUT2D eigenvalue weighted by molar-refractivity contribution is 0.100. The Labute approximate surface area is 184 Å². The fourth-order valence-electron chi connectivity index (χ4n) is 4.04. The van der Waals surface area contributed by atoms with Gasteiger partial charge in [0.15, 0.2) is 23.3 Å². The summed E-state index contributed by atoms with van der Waals surface area (Å²) in [5, 5.41) is 5.83. The Hall–Kier alpha value is -3.05. The van der Waals surface area contributed by atoms with Crippen molar-refractivity contribution < 1.29 is 18.3 Å². The molecule has 1 aliphatic heterocycles. The number of carbonyl (C=O) groups excluding carboxylic acids is 1. The first-order valence-corrected chi connectivity index (χ1v) is 10.7. The maximum absolute atomic E-state index is 15.2. The SMILES string of the molecule is NC(=O)c1cc(F)c(N[C@@H]2CCCCC2N)nc1Nc1ccnc(N2CCOCC2)c1F. The molecule has 2 aromatic heterocycles. The first kappa shape index (κ1) is 22.2. The van der Waals surface area contributed by atoms with E-state index in [-0.39, 0.29) is 40.8 Å². The summed E-state index contributed by atoms with van der Waals surface area (Å²) < 4.78 is 35.2. The van der Waals surface area contributed by atoms with Crippen LogP contribution in [0.3, 0.4) is 0 Å². The van der Waals surface area contributed by atoms with Gasteiger partial charge in [-0.05, 0) is 25.0 Å². The Morgan fingerprint density at radius 3 is 2.66 bits per heavy atom. The maximum atomic E-state index is 15.2. The number of nitrogens with two attached hydrogens (primary N) is 2. The number of rotatable bonds is 6. The second-order valence-corrected chi connectivity index (χ2v) is 8.00. The van der Waals surface area contributed by atoms with Gasteiger partial charge < -0.3 is 31.7 Å². The summed E-state index contributed by atoms with van der Waals surface area (Å²) in [6.07, 6.45) is 5.06. The molecule has 1 unspecified atom stereocenters. The van der Waals surface area contributed by atoms with Crippen LogP contribution >= 0.6 is 0 Å². The van der Waals surface area contributed by atoms with Gasteiger partial charge in [0.05, 0.1) is 24.5 Å². The van der Waals surface area contributed by atoms with Gasteiger partial charge >= 0.3 is 0 Å². The average molecular weight is 447 g/mol. The molecule has 0 spiro atoms. The van der Waals surface area contributed by atoms with Crippen molar-refractivity contribution >= 4 is 29.0 Å². The van der Waals surface area contributed by atoms with Gasteiger partial charge in [-0.25, -0.2) is 18.7 Å². The first-order chi connectivity index (χ1) is 15.4. The van der Waals surface area contributed by atoms with Crippen LogP contribution in [0.5, 0.6) is 0 Å². The number of morpholine rings is 1. The van der Waals surface area contributed by atoms with Crippen LogP contribution in [0.15, 0.2) is 18.3 Å². The van der Waals surface area contributed by atoms with E-state index in [2.05, 4.69) is 20.6 Å². The molecule has 3 heterocycles. The van der Waals surface area contributed by atoms with E-state index in [1.54, 1.807) is 4.90 Å². The van der Waals surface area contributed by atoms with Crippen molar-refractivity contribution in [3.8, 4) is 0 Å². The third kappa shape index (κ3) is 4.73. The lowest BCUT2D eigenvalue weighted by atomic mass is 9.91. The van der Waals surface area contributed by atoms with Gasteiger partial charge in [-0.1, -0.05) is 12.8 Å². The van der Waals surface area contributed by atoms with Crippen LogP contribution in [0, 0.1) is 11.6 Å². The molecule has 1 aliphatic carbocycles. The number of amides is 1. The highest BCUT2D eigenvalue weighted by atomic mass is 19.1. The topological polar surface area (TPSA) is 131 Å². The third-order valence-electron chi connectivity index (χ3n) is 5.82. The van der Waals surface area contributed by atoms with E-state index in [4.69, 9.17) is 16.2 Å². The smallest absolute Gasteiger partial charge is 0.252 e. The molecule has 1 saturated carbocycles. The number of ether oxygens (including phenoxy) is 1. The zero-order valence-corrected chi connectivity index (χ0v) is 17.6. The van der Waals surface area contributed by atoms with Crippen molar-refractivity contribution in [1.29, 1.82) is 0 Å².